The fourth-order valence-electron chi connectivity index (χ4n) is 2.29. The van der Waals surface area contributed by atoms with Gasteiger partial charge in [0.25, 0.3) is 5.91 Å². The first-order valence-electron chi connectivity index (χ1n) is 6.26. The molecule has 102 valence electrons. The number of nitrogens with one attached hydrogen (secondary N) is 1. The highest BCUT2D eigenvalue weighted by atomic mass is 16.2. The third kappa shape index (κ3) is 3.01. The monoisotopic (exact) mass is 262 g/mol. The van der Waals surface area contributed by atoms with Crippen LogP contribution in [-0.4, -0.2) is 40.8 Å². The number of carbonyl (C=O) groups is 2. The van der Waals surface area contributed by atoms with E-state index < -0.39 is 0 Å². The molecule has 2 amide bonds. The van der Waals surface area contributed by atoms with E-state index in [2.05, 4.69) is 10.3 Å². The molecule has 1 atom stereocenters. The number of rotatable bonds is 2. The summed E-state index contributed by atoms with van der Waals surface area (Å²) in [5.74, 6) is -0.147. The molecule has 1 aromatic heterocycles. The summed E-state index contributed by atoms with van der Waals surface area (Å²) in [6.45, 7) is 4.44. The van der Waals surface area contributed by atoms with Crippen molar-refractivity contribution in [3.63, 3.8) is 0 Å². The zero-order valence-corrected chi connectivity index (χ0v) is 11.1. The molecular formula is C13H18N4O2. The standard InChI is InChI=1S/C13H18N4O2/c1-8-12(5-10(14)6-15-8)13(19)17-4-3-11(7-17)16-9(2)18/h5-6,11H,3-4,7,14H2,1-2H3,(H,16,18). The molecule has 6 nitrogen and oxygen atoms in total. The normalized spacial score (nSPS) is 18.4. The minimum atomic E-state index is -0.0786. The van der Waals surface area contributed by atoms with Crippen molar-refractivity contribution in [2.45, 2.75) is 26.3 Å². The molecule has 0 radical (unpaired) electrons. The third-order valence-corrected chi connectivity index (χ3v) is 3.22. The number of hydrogen-bond acceptors (Lipinski definition) is 4. The Kier molecular flexibility index (Phi) is 3.69. The van der Waals surface area contributed by atoms with Gasteiger partial charge in [0.1, 0.15) is 0 Å². The molecule has 0 aromatic carbocycles. The quantitative estimate of drug-likeness (QED) is 0.803. The first-order valence-corrected chi connectivity index (χ1v) is 6.26. The molecule has 2 rings (SSSR count). The summed E-state index contributed by atoms with van der Waals surface area (Å²) in [5, 5.41) is 2.83. The summed E-state index contributed by atoms with van der Waals surface area (Å²) >= 11 is 0. The van der Waals surface area contributed by atoms with Crippen LogP contribution >= 0.6 is 0 Å². The number of amides is 2. The lowest BCUT2D eigenvalue weighted by Gasteiger charge is -2.18. The maximum absolute atomic E-state index is 12.4. The fraction of sp³-hybridized carbons (Fsp3) is 0.462. The highest BCUT2D eigenvalue weighted by Gasteiger charge is 2.28. The maximum Gasteiger partial charge on any atom is 0.255 e. The van der Waals surface area contributed by atoms with Gasteiger partial charge in [-0.3, -0.25) is 14.6 Å². The number of likely N-dealkylation sites (tertiary alicyclic amines) is 1. The van der Waals surface area contributed by atoms with Crippen LogP contribution in [0, 0.1) is 6.92 Å². The van der Waals surface area contributed by atoms with Crippen LogP contribution in [0.4, 0.5) is 5.69 Å². The highest BCUT2D eigenvalue weighted by Crippen LogP contribution is 2.17. The van der Waals surface area contributed by atoms with Crippen molar-refractivity contribution in [3.05, 3.63) is 23.5 Å². The minimum absolute atomic E-state index is 0.0378. The van der Waals surface area contributed by atoms with E-state index in [1.54, 1.807) is 17.9 Å². The highest BCUT2D eigenvalue weighted by molar-refractivity contribution is 5.96. The Bertz CT molecular complexity index is 515. The predicted molar refractivity (Wildman–Crippen MR) is 71.5 cm³/mol. The summed E-state index contributed by atoms with van der Waals surface area (Å²) in [5.41, 5.74) is 7.34. The number of nitrogens with zero attached hydrogens (tertiary/aromatic N) is 2. The summed E-state index contributed by atoms with van der Waals surface area (Å²) in [4.78, 5) is 29.2. The van der Waals surface area contributed by atoms with Crippen LogP contribution in [-0.2, 0) is 4.79 Å². The van der Waals surface area contributed by atoms with Crippen LogP contribution in [0.15, 0.2) is 12.3 Å². The van der Waals surface area contributed by atoms with Crippen LogP contribution in [0.1, 0.15) is 29.4 Å². The number of pyridine rings is 1. The van der Waals surface area contributed by atoms with Crippen LogP contribution in [0.25, 0.3) is 0 Å². The van der Waals surface area contributed by atoms with Crippen molar-refractivity contribution < 1.29 is 9.59 Å². The van der Waals surface area contributed by atoms with E-state index >= 15 is 0 Å². The van der Waals surface area contributed by atoms with E-state index in [1.165, 1.54) is 13.1 Å². The van der Waals surface area contributed by atoms with Crippen molar-refractivity contribution in [2.75, 3.05) is 18.8 Å². The Morgan fingerprint density at radius 1 is 1.53 bits per heavy atom. The van der Waals surface area contributed by atoms with Crippen molar-refractivity contribution in [3.8, 4) is 0 Å². The number of aromatic nitrogens is 1. The second-order valence-electron chi connectivity index (χ2n) is 4.84. The number of hydrogen-bond donors (Lipinski definition) is 2. The van der Waals surface area contributed by atoms with Gasteiger partial charge in [-0.15, -0.1) is 0 Å². The molecule has 1 aromatic rings. The van der Waals surface area contributed by atoms with Gasteiger partial charge in [0.15, 0.2) is 0 Å². The van der Waals surface area contributed by atoms with E-state index in [9.17, 15) is 9.59 Å². The molecule has 6 heteroatoms. The Labute approximate surface area is 112 Å². The van der Waals surface area contributed by atoms with Crippen molar-refractivity contribution in [1.29, 1.82) is 0 Å². The average molecular weight is 262 g/mol. The number of nitrogens with two attached hydrogens (primary N) is 1. The van der Waals surface area contributed by atoms with Gasteiger partial charge in [0.2, 0.25) is 5.91 Å². The largest absolute Gasteiger partial charge is 0.397 e. The Morgan fingerprint density at radius 3 is 2.95 bits per heavy atom. The molecule has 1 aliphatic rings. The van der Waals surface area contributed by atoms with E-state index in [1.807, 2.05) is 0 Å². The molecule has 0 saturated carbocycles. The van der Waals surface area contributed by atoms with Gasteiger partial charge in [-0.05, 0) is 19.4 Å². The van der Waals surface area contributed by atoms with E-state index in [-0.39, 0.29) is 17.9 Å². The van der Waals surface area contributed by atoms with Gasteiger partial charge in [-0.1, -0.05) is 0 Å². The van der Waals surface area contributed by atoms with E-state index in [4.69, 9.17) is 5.73 Å². The number of aryl methyl sites for hydroxylation is 1. The molecule has 1 unspecified atom stereocenters. The first kappa shape index (κ1) is 13.3. The maximum atomic E-state index is 12.4. The van der Waals surface area contributed by atoms with Crippen molar-refractivity contribution in [2.24, 2.45) is 0 Å². The lowest BCUT2D eigenvalue weighted by molar-refractivity contribution is -0.119. The summed E-state index contributed by atoms with van der Waals surface area (Å²) in [6.07, 6.45) is 2.32. The second-order valence-corrected chi connectivity index (χ2v) is 4.84. The van der Waals surface area contributed by atoms with E-state index in [0.29, 0.717) is 30.0 Å². The zero-order valence-electron chi connectivity index (χ0n) is 11.1. The molecule has 0 spiro atoms. The lowest BCUT2D eigenvalue weighted by atomic mass is 10.1. The van der Waals surface area contributed by atoms with Crippen LogP contribution in [0.2, 0.25) is 0 Å². The molecule has 1 fully saturated rings. The molecule has 3 N–H and O–H groups in total. The van der Waals surface area contributed by atoms with Gasteiger partial charge in [0.05, 0.1) is 23.1 Å². The van der Waals surface area contributed by atoms with E-state index in [0.717, 1.165) is 6.42 Å². The Morgan fingerprint density at radius 2 is 2.26 bits per heavy atom. The molecule has 1 aliphatic heterocycles. The molecule has 2 heterocycles. The van der Waals surface area contributed by atoms with Crippen LogP contribution in [0.5, 0.6) is 0 Å². The second kappa shape index (κ2) is 5.26. The number of carbonyl (C=O) groups excluding carboxylic acids is 2. The summed E-state index contributed by atoms with van der Waals surface area (Å²) < 4.78 is 0. The number of nitrogen functional groups attached to an aromatic ring is 1. The molecular weight excluding hydrogens is 244 g/mol. The van der Waals surface area contributed by atoms with Crippen LogP contribution in [0.3, 0.4) is 0 Å². The molecule has 0 aliphatic carbocycles. The fourth-order valence-corrected chi connectivity index (χ4v) is 2.29. The van der Waals surface area contributed by atoms with Gasteiger partial charge in [0, 0.05) is 26.1 Å². The van der Waals surface area contributed by atoms with Crippen molar-refractivity contribution >= 4 is 17.5 Å². The predicted octanol–water partition coefficient (Wildman–Crippen LogP) is 0.323. The Hall–Kier alpha value is -2.11. The Balaban J connectivity index is 2.09. The van der Waals surface area contributed by atoms with Gasteiger partial charge >= 0.3 is 0 Å². The van der Waals surface area contributed by atoms with Crippen molar-refractivity contribution in [1.82, 2.24) is 15.2 Å². The van der Waals surface area contributed by atoms with Crippen LogP contribution < -0.4 is 11.1 Å². The SMILES string of the molecule is CC(=O)NC1CCN(C(=O)c2cc(N)cnc2C)C1. The topological polar surface area (TPSA) is 88.3 Å². The van der Waals surface area contributed by atoms with Gasteiger partial charge in [-0.2, -0.15) is 0 Å². The molecule has 0 bridgehead atoms. The number of anilines is 1. The first-order chi connectivity index (χ1) is 8.97. The molecule has 19 heavy (non-hydrogen) atoms. The lowest BCUT2D eigenvalue weighted by Crippen LogP contribution is -2.37. The minimum Gasteiger partial charge on any atom is -0.397 e. The summed E-state index contributed by atoms with van der Waals surface area (Å²) in [7, 11) is 0. The third-order valence-electron chi connectivity index (χ3n) is 3.22. The molecule has 1 saturated heterocycles. The zero-order chi connectivity index (χ0) is 14.0. The van der Waals surface area contributed by atoms with Gasteiger partial charge < -0.3 is 16.0 Å². The smallest absolute Gasteiger partial charge is 0.255 e. The van der Waals surface area contributed by atoms with Gasteiger partial charge in [-0.25, -0.2) is 0 Å². The average Bonchev–Trinajstić information content (AvgIpc) is 2.79. The summed E-state index contributed by atoms with van der Waals surface area (Å²) in [6, 6.07) is 1.69.